The molecule has 1 N–H and O–H groups in total. The first-order chi connectivity index (χ1) is 10.7. The third-order valence-electron chi connectivity index (χ3n) is 3.93. The highest BCUT2D eigenvalue weighted by molar-refractivity contribution is 6.00. The number of anilines is 1. The lowest BCUT2D eigenvalue weighted by molar-refractivity contribution is -0.115. The van der Waals surface area contributed by atoms with Crippen molar-refractivity contribution in [1.29, 1.82) is 0 Å². The van der Waals surface area contributed by atoms with Crippen LogP contribution in [0.2, 0.25) is 0 Å². The molecule has 0 unspecified atom stereocenters. The summed E-state index contributed by atoms with van der Waals surface area (Å²) in [4.78, 5) is 12.1. The van der Waals surface area contributed by atoms with Crippen molar-refractivity contribution in [2.75, 3.05) is 5.32 Å². The van der Waals surface area contributed by atoms with Crippen LogP contribution in [0.25, 0.3) is 16.9 Å². The summed E-state index contributed by atoms with van der Waals surface area (Å²) in [6, 6.07) is 16.1. The summed E-state index contributed by atoms with van der Waals surface area (Å²) in [7, 11) is 0. The fourth-order valence-electron chi connectivity index (χ4n) is 2.85. The second-order valence-electron chi connectivity index (χ2n) is 5.54. The maximum absolute atomic E-state index is 12.1. The van der Waals surface area contributed by atoms with Crippen LogP contribution in [-0.2, 0) is 11.2 Å². The van der Waals surface area contributed by atoms with Crippen molar-refractivity contribution < 1.29 is 4.79 Å². The second kappa shape index (κ2) is 4.84. The van der Waals surface area contributed by atoms with Gasteiger partial charge in [0.1, 0.15) is 0 Å². The topological polar surface area (TPSA) is 46.9 Å². The predicted molar refractivity (Wildman–Crippen MR) is 86.1 cm³/mol. The van der Waals surface area contributed by atoms with Gasteiger partial charge in [-0.1, -0.05) is 35.9 Å². The number of nitrogens with one attached hydrogen (secondary N) is 1. The van der Waals surface area contributed by atoms with Crippen LogP contribution in [0.5, 0.6) is 0 Å². The lowest BCUT2D eigenvalue weighted by Crippen LogP contribution is -2.12. The summed E-state index contributed by atoms with van der Waals surface area (Å²) >= 11 is 0. The first-order valence-electron chi connectivity index (χ1n) is 7.25. The summed E-state index contributed by atoms with van der Waals surface area (Å²) in [5.41, 5.74) is 5.97. The molecule has 2 aromatic carbocycles. The van der Waals surface area contributed by atoms with Gasteiger partial charge in [0, 0.05) is 11.1 Å². The molecular formula is C18H15N3O. The molecule has 0 fully saturated rings. The normalized spacial score (nSPS) is 13.0. The monoisotopic (exact) mass is 289 g/mol. The molecule has 0 spiro atoms. The summed E-state index contributed by atoms with van der Waals surface area (Å²) in [5, 5.41) is 7.47. The van der Waals surface area contributed by atoms with E-state index < -0.39 is 0 Å². The molecule has 4 heteroatoms. The fraction of sp³-hybridized carbons (Fsp3) is 0.111. The van der Waals surface area contributed by atoms with Crippen molar-refractivity contribution in [3.63, 3.8) is 0 Å². The molecule has 1 aliphatic rings. The summed E-state index contributed by atoms with van der Waals surface area (Å²) in [6.45, 7) is 2.06. The van der Waals surface area contributed by atoms with E-state index in [9.17, 15) is 4.79 Å². The lowest BCUT2D eigenvalue weighted by atomic mass is 10.1. The molecule has 1 aliphatic heterocycles. The Labute approximate surface area is 128 Å². The maximum Gasteiger partial charge on any atom is 0.228 e. The number of hydrogen-bond acceptors (Lipinski definition) is 2. The van der Waals surface area contributed by atoms with Gasteiger partial charge in [0.2, 0.25) is 5.91 Å². The molecular weight excluding hydrogens is 274 g/mol. The van der Waals surface area contributed by atoms with Crippen molar-refractivity contribution in [3.8, 4) is 16.9 Å². The zero-order chi connectivity index (χ0) is 15.1. The van der Waals surface area contributed by atoms with Gasteiger partial charge in [-0.25, -0.2) is 4.68 Å². The number of carbonyl (C=O) groups excluding carboxylic acids is 1. The smallest absolute Gasteiger partial charge is 0.228 e. The van der Waals surface area contributed by atoms with Crippen molar-refractivity contribution in [1.82, 2.24) is 9.78 Å². The quantitative estimate of drug-likeness (QED) is 0.747. The summed E-state index contributed by atoms with van der Waals surface area (Å²) in [5.74, 6) is -0.00495. The van der Waals surface area contributed by atoms with Gasteiger partial charge < -0.3 is 5.32 Å². The molecule has 0 atom stereocenters. The number of hydrogen-bond donors (Lipinski definition) is 1. The number of aryl methyl sites for hydroxylation is 1. The summed E-state index contributed by atoms with van der Waals surface area (Å²) < 4.78 is 1.91. The standard InChI is InChI=1S/C18H15N3O/c1-12-6-8-14(9-7-12)21-18-13(11-19-21)10-17(22)20-16-5-3-2-4-15(16)18/h2-9,11H,10H2,1H3,(H,20,22). The van der Waals surface area contributed by atoms with Crippen molar-refractivity contribution in [2.24, 2.45) is 0 Å². The molecule has 22 heavy (non-hydrogen) atoms. The Morgan fingerprint density at radius 3 is 2.68 bits per heavy atom. The fourth-order valence-corrected chi connectivity index (χ4v) is 2.85. The first-order valence-corrected chi connectivity index (χ1v) is 7.25. The van der Waals surface area contributed by atoms with Crippen molar-refractivity contribution >= 4 is 11.6 Å². The van der Waals surface area contributed by atoms with E-state index in [2.05, 4.69) is 29.5 Å². The highest BCUT2D eigenvalue weighted by Gasteiger charge is 2.23. The number of carbonyl (C=O) groups is 1. The highest BCUT2D eigenvalue weighted by Crippen LogP contribution is 2.35. The van der Waals surface area contributed by atoms with Gasteiger partial charge in [-0.2, -0.15) is 5.10 Å². The number of benzene rings is 2. The van der Waals surface area contributed by atoms with E-state index in [1.807, 2.05) is 41.1 Å². The highest BCUT2D eigenvalue weighted by atomic mass is 16.1. The molecule has 1 aromatic heterocycles. The maximum atomic E-state index is 12.1. The minimum Gasteiger partial charge on any atom is -0.325 e. The number of amides is 1. The van der Waals surface area contributed by atoms with E-state index >= 15 is 0 Å². The molecule has 0 saturated carbocycles. The Hall–Kier alpha value is -2.88. The average molecular weight is 289 g/mol. The van der Waals surface area contributed by atoms with Gasteiger partial charge in [0.15, 0.2) is 0 Å². The molecule has 4 nitrogen and oxygen atoms in total. The molecule has 0 radical (unpaired) electrons. The Bertz CT molecular complexity index is 862. The third kappa shape index (κ3) is 2.00. The van der Waals surface area contributed by atoms with Crippen LogP contribution in [0.3, 0.4) is 0 Å². The predicted octanol–water partition coefficient (Wildman–Crippen LogP) is 3.34. The molecule has 3 aromatic rings. The Balaban J connectivity index is 1.97. The molecule has 108 valence electrons. The van der Waals surface area contributed by atoms with Gasteiger partial charge in [-0.05, 0) is 25.1 Å². The zero-order valence-electron chi connectivity index (χ0n) is 12.2. The van der Waals surface area contributed by atoms with Crippen LogP contribution in [0, 0.1) is 6.92 Å². The largest absolute Gasteiger partial charge is 0.325 e. The molecule has 2 heterocycles. The average Bonchev–Trinajstić information content (AvgIpc) is 2.86. The van der Waals surface area contributed by atoms with Crippen molar-refractivity contribution in [3.05, 3.63) is 65.9 Å². The minimum atomic E-state index is -0.00495. The number of rotatable bonds is 1. The molecule has 1 amide bonds. The SMILES string of the molecule is Cc1ccc(-n2ncc3c2-c2ccccc2NC(=O)C3)cc1. The minimum absolute atomic E-state index is 0.00495. The van der Waals surface area contributed by atoms with Gasteiger partial charge in [0.05, 0.1) is 29.7 Å². The Morgan fingerprint density at radius 2 is 1.86 bits per heavy atom. The molecule has 0 aliphatic carbocycles. The van der Waals surface area contributed by atoms with Crippen LogP contribution in [-0.4, -0.2) is 15.7 Å². The van der Waals surface area contributed by atoms with Crippen LogP contribution in [0.15, 0.2) is 54.7 Å². The molecule has 4 rings (SSSR count). The van der Waals surface area contributed by atoms with Gasteiger partial charge in [-0.3, -0.25) is 4.79 Å². The number of para-hydroxylation sites is 1. The number of fused-ring (bicyclic) bond motifs is 3. The number of nitrogens with zero attached hydrogens (tertiary/aromatic N) is 2. The van der Waals surface area contributed by atoms with E-state index in [1.54, 1.807) is 6.20 Å². The van der Waals surface area contributed by atoms with Crippen LogP contribution in [0.4, 0.5) is 5.69 Å². The van der Waals surface area contributed by atoms with E-state index in [1.165, 1.54) is 5.56 Å². The van der Waals surface area contributed by atoms with E-state index in [0.717, 1.165) is 28.2 Å². The van der Waals surface area contributed by atoms with E-state index in [4.69, 9.17) is 0 Å². The second-order valence-corrected chi connectivity index (χ2v) is 5.54. The lowest BCUT2D eigenvalue weighted by Gasteiger charge is -2.11. The van der Waals surface area contributed by atoms with Gasteiger partial charge in [-0.15, -0.1) is 0 Å². The Morgan fingerprint density at radius 1 is 1.09 bits per heavy atom. The van der Waals surface area contributed by atoms with Gasteiger partial charge >= 0.3 is 0 Å². The zero-order valence-corrected chi connectivity index (χ0v) is 12.2. The summed E-state index contributed by atoms with van der Waals surface area (Å²) in [6.07, 6.45) is 2.13. The molecule has 0 bridgehead atoms. The van der Waals surface area contributed by atoms with Crippen LogP contribution < -0.4 is 5.32 Å². The third-order valence-corrected chi connectivity index (χ3v) is 3.93. The molecule has 0 saturated heterocycles. The van der Waals surface area contributed by atoms with Crippen LogP contribution in [0.1, 0.15) is 11.1 Å². The van der Waals surface area contributed by atoms with Crippen molar-refractivity contribution in [2.45, 2.75) is 13.3 Å². The van der Waals surface area contributed by atoms with E-state index in [0.29, 0.717) is 6.42 Å². The first kappa shape index (κ1) is 12.8. The Kier molecular flexibility index (Phi) is 2.82. The van der Waals surface area contributed by atoms with Gasteiger partial charge in [0.25, 0.3) is 0 Å². The number of aromatic nitrogens is 2. The van der Waals surface area contributed by atoms with Crippen LogP contribution >= 0.6 is 0 Å². The van der Waals surface area contributed by atoms with E-state index in [-0.39, 0.29) is 5.91 Å².